The molecule has 0 fully saturated rings. The van der Waals surface area contributed by atoms with E-state index < -0.39 is 0 Å². The maximum absolute atomic E-state index is 13.7. The molecule has 0 unspecified atom stereocenters. The van der Waals surface area contributed by atoms with Gasteiger partial charge in [0.05, 0.1) is 17.9 Å². The van der Waals surface area contributed by atoms with Gasteiger partial charge in [-0.3, -0.25) is 14.1 Å². The van der Waals surface area contributed by atoms with E-state index in [2.05, 4.69) is 54.4 Å². The first-order valence-electron chi connectivity index (χ1n) is 12.6. The Hall–Kier alpha value is -4.33. The fourth-order valence-corrected chi connectivity index (χ4v) is 4.70. The Morgan fingerprint density at radius 3 is 2.38 bits per heavy atom. The second-order valence-electron chi connectivity index (χ2n) is 10.2. The number of benzene rings is 2. The molecule has 0 bridgehead atoms. The Bertz CT molecular complexity index is 1560. The number of nitrogens with one attached hydrogen (secondary N) is 1. The first-order chi connectivity index (χ1) is 17.9. The van der Waals surface area contributed by atoms with E-state index in [1.54, 1.807) is 4.57 Å². The molecule has 2 aromatic carbocycles. The molecule has 3 heterocycles. The molecule has 0 radical (unpaired) electrons. The predicted molar refractivity (Wildman–Crippen MR) is 145 cm³/mol. The number of para-hydroxylation sites is 1. The standard InChI is InChI=1S/C29H31N7O/c1-5-10-22-19-36(26-14-9-8-13-25(26)29(2,3)4)28(37)35(22)18-21-16-15-20(17-30-21)23-11-6-7-12-24(23)27-31-33-34-32-27/h6-9,11-17,19H,5,10,18H2,1-4H3,(H,31,32,33,34). The van der Waals surface area contributed by atoms with E-state index in [1.165, 1.54) is 0 Å². The van der Waals surface area contributed by atoms with Gasteiger partial charge in [0.1, 0.15) is 0 Å². The minimum absolute atomic E-state index is 0.0470. The molecule has 0 saturated carbocycles. The summed E-state index contributed by atoms with van der Waals surface area (Å²) in [5.74, 6) is 0.604. The second-order valence-corrected chi connectivity index (χ2v) is 10.2. The van der Waals surface area contributed by atoms with Crippen LogP contribution in [0.3, 0.4) is 0 Å². The summed E-state index contributed by atoms with van der Waals surface area (Å²) in [6.45, 7) is 9.05. The zero-order chi connectivity index (χ0) is 26.0. The van der Waals surface area contributed by atoms with Crippen LogP contribution in [0.4, 0.5) is 0 Å². The molecule has 0 aliphatic carbocycles. The molecule has 0 saturated heterocycles. The van der Waals surface area contributed by atoms with E-state index in [9.17, 15) is 4.79 Å². The summed E-state index contributed by atoms with van der Waals surface area (Å²) in [5.41, 5.74) is 6.60. The zero-order valence-corrected chi connectivity index (χ0v) is 21.6. The number of hydrogen-bond acceptors (Lipinski definition) is 5. The maximum Gasteiger partial charge on any atom is 0.333 e. The molecule has 8 heteroatoms. The average molecular weight is 494 g/mol. The molecule has 8 nitrogen and oxygen atoms in total. The Morgan fingerprint density at radius 2 is 1.70 bits per heavy atom. The van der Waals surface area contributed by atoms with Crippen LogP contribution in [0.5, 0.6) is 0 Å². The Labute approximate surface area is 216 Å². The average Bonchev–Trinajstić information content (AvgIpc) is 3.54. The van der Waals surface area contributed by atoms with E-state index in [1.807, 2.05) is 71.6 Å². The molecule has 3 aromatic heterocycles. The minimum Gasteiger partial charge on any atom is -0.290 e. The van der Waals surface area contributed by atoms with Gasteiger partial charge in [0, 0.05) is 29.2 Å². The van der Waals surface area contributed by atoms with Gasteiger partial charge in [-0.15, -0.1) is 5.10 Å². The second kappa shape index (κ2) is 9.97. The summed E-state index contributed by atoms with van der Waals surface area (Å²) in [6, 6.07) is 20.1. The molecule has 5 rings (SSSR count). The van der Waals surface area contributed by atoms with Crippen LogP contribution in [-0.2, 0) is 18.4 Å². The number of hydrogen-bond donors (Lipinski definition) is 1. The van der Waals surface area contributed by atoms with Crippen LogP contribution < -0.4 is 5.69 Å². The fourth-order valence-electron chi connectivity index (χ4n) is 4.70. The summed E-state index contributed by atoms with van der Waals surface area (Å²) in [6.07, 6.45) is 5.60. The van der Waals surface area contributed by atoms with Crippen molar-refractivity contribution in [2.45, 2.75) is 52.5 Å². The number of aromatic amines is 1. The third kappa shape index (κ3) is 4.87. The van der Waals surface area contributed by atoms with Crippen molar-refractivity contribution in [1.29, 1.82) is 0 Å². The van der Waals surface area contributed by atoms with Crippen LogP contribution in [0.2, 0.25) is 0 Å². The normalized spacial score (nSPS) is 11.7. The van der Waals surface area contributed by atoms with Crippen molar-refractivity contribution in [3.05, 3.63) is 100 Å². The predicted octanol–water partition coefficient (Wildman–Crippen LogP) is 5.18. The maximum atomic E-state index is 13.7. The van der Waals surface area contributed by atoms with Crippen molar-refractivity contribution in [1.82, 2.24) is 34.7 Å². The summed E-state index contributed by atoms with van der Waals surface area (Å²) >= 11 is 0. The SMILES string of the molecule is CCCc1cn(-c2ccccc2C(C)(C)C)c(=O)n1Cc1ccc(-c2ccccc2-c2nnn[nH]2)cn1. The van der Waals surface area contributed by atoms with Crippen LogP contribution in [0.15, 0.2) is 77.9 Å². The molecule has 37 heavy (non-hydrogen) atoms. The number of imidazole rings is 1. The first-order valence-corrected chi connectivity index (χ1v) is 12.6. The lowest BCUT2D eigenvalue weighted by atomic mass is 9.86. The van der Waals surface area contributed by atoms with E-state index in [4.69, 9.17) is 4.98 Å². The number of tetrazole rings is 1. The topological polar surface area (TPSA) is 94.3 Å². The third-order valence-electron chi connectivity index (χ3n) is 6.52. The van der Waals surface area contributed by atoms with Gasteiger partial charge in [-0.25, -0.2) is 9.89 Å². The molecular formula is C29H31N7O. The molecule has 0 aliphatic rings. The summed E-state index contributed by atoms with van der Waals surface area (Å²) in [4.78, 5) is 18.4. The Morgan fingerprint density at radius 1 is 0.946 bits per heavy atom. The zero-order valence-electron chi connectivity index (χ0n) is 21.6. The van der Waals surface area contributed by atoms with Crippen LogP contribution in [-0.4, -0.2) is 34.7 Å². The van der Waals surface area contributed by atoms with Gasteiger partial charge in [0.15, 0.2) is 5.82 Å². The largest absolute Gasteiger partial charge is 0.333 e. The molecule has 188 valence electrons. The summed E-state index contributed by atoms with van der Waals surface area (Å²) in [7, 11) is 0. The van der Waals surface area contributed by atoms with Crippen molar-refractivity contribution in [3.8, 4) is 28.2 Å². The van der Waals surface area contributed by atoms with Gasteiger partial charge in [-0.1, -0.05) is 82.6 Å². The van der Waals surface area contributed by atoms with E-state index in [0.29, 0.717) is 12.4 Å². The highest BCUT2D eigenvalue weighted by molar-refractivity contribution is 5.79. The molecule has 0 atom stereocenters. The molecule has 0 aliphatic heterocycles. The lowest BCUT2D eigenvalue weighted by Crippen LogP contribution is -2.27. The number of aryl methyl sites for hydroxylation is 1. The van der Waals surface area contributed by atoms with Crippen molar-refractivity contribution >= 4 is 0 Å². The first kappa shape index (κ1) is 24.4. The molecular weight excluding hydrogens is 462 g/mol. The smallest absolute Gasteiger partial charge is 0.290 e. The number of H-pyrrole nitrogens is 1. The van der Waals surface area contributed by atoms with E-state index in [0.717, 1.165) is 52.2 Å². The highest BCUT2D eigenvalue weighted by atomic mass is 16.1. The fraction of sp³-hybridized carbons (Fsp3) is 0.276. The summed E-state index contributed by atoms with van der Waals surface area (Å²) in [5, 5.41) is 14.3. The van der Waals surface area contributed by atoms with E-state index in [-0.39, 0.29) is 11.1 Å². The number of rotatable bonds is 7. The van der Waals surface area contributed by atoms with Gasteiger partial charge < -0.3 is 0 Å². The Balaban J connectivity index is 1.50. The lowest BCUT2D eigenvalue weighted by Gasteiger charge is -2.22. The van der Waals surface area contributed by atoms with Gasteiger partial charge >= 0.3 is 5.69 Å². The molecule has 0 spiro atoms. The number of pyridine rings is 1. The monoisotopic (exact) mass is 493 g/mol. The van der Waals surface area contributed by atoms with Crippen molar-refractivity contribution in [2.75, 3.05) is 0 Å². The van der Waals surface area contributed by atoms with Gasteiger partial charge in [-0.2, -0.15) is 0 Å². The van der Waals surface area contributed by atoms with Gasteiger partial charge in [0.25, 0.3) is 0 Å². The quantitative estimate of drug-likeness (QED) is 0.337. The highest BCUT2D eigenvalue weighted by Crippen LogP contribution is 2.30. The molecule has 0 amide bonds. The van der Waals surface area contributed by atoms with Crippen LogP contribution >= 0.6 is 0 Å². The van der Waals surface area contributed by atoms with Crippen molar-refractivity contribution in [3.63, 3.8) is 0 Å². The van der Waals surface area contributed by atoms with Crippen molar-refractivity contribution in [2.24, 2.45) is 0 Å². The van der Waals surface area contributed by atoms with E-state index >= 15 is 0 Å². The highest BCUT2D eigenvalue weighted by Gasteiger charge is 2.21. The van der Waals surface area contributed by atoms with Crippen LogP contribution in [0.25, 0.3) is 28.2 Å². The number of aromatic nitrogens is 7. The Kier molecular flexibility index (Phi) is 6.56. The van der Waals surface area contributed by atoms with Crippen molar-refractivity contribution < 1.29 is 0 Å². The molecule has 5 aromatic rings. The van der Waals surface area contributed by atoms with Crippen LogP contribution in [0.1, 0.15) is 51.1 Å². The van der Waals surface area contributed by atoms with Crippen LogP contribution in [0, 0.1) is 0 Å². The van der Waals surface area contributed by atoms with Gasteiger partial charge in [-0.05, 0) is 45.5 Å². The molecule has 1 N–H and O–H groups in total. The third-order valence-corrected chi connectivity index (χ3v) is 6.52. The lowest BCUT2D eigenvalue weighted by molar-refractivity contribution is 0.584. The van der Waals surface area contributed by atoms with Gasteiger partial charge in [0.2, 0.25) is 0 Å². The number of nitrogens with zero attached hydrogens (tertiary/aromatic N) is 6. The minimum atomic E-state index is -0.0848. The summed E-state index contributed by atoms with van der Waals surface area (Å²) < 4.78 is 3.64.